The second-order valence-corrected chi connectivity index (χ2v) is 12.6. The molecule has 0 saturated carbocycles. The van der Waals surface area contributed by atoms with Gasteiger partial charge in [-0.3, -0.25) is 5.32 Å². The van der Waals surface area contributed by atoms with Gasteiger partial charge < -0.3 is 4.74 Å². The lowest BCUT2D eigenvalue weighted by Gasteiger charge is -2.38. The largest absolute Gasteiger partial charge is 0.428 e. The number of ether oxygens (including phenoxy) is 1. The van der Waals surface area contributed by atoms with Gasteiger partial charge in [-0.05, 0) is 16.6 Å². The highest BCUT2D eigenvalue weighted by Crippen LogP contribution is 2.40. The zero-order chi connectivity index (χ0) is 17.1. The van der Waals surface area contributed by atoms with Gasteiger partial charge in [-0.1, -0.05) is 41.5 Å². The van der Waals surface area contributed by atoms with Crippen LogP contribution in [0.3, 0.4) is 0 Å². The van der Waals surface area contributed by atoms with Crippen molar-refractivity contribution >= 4 is 8.07 Å². The van der Waals surface area contributed by atoms with Crippen molar-refractivity contribution in [2.75, 3.05) is 6.54 Å². The van der Waals surface area contributed by atoms with Crippen LogP contribution in [-0.2, 0) is 4.74 Å². The molecule has 0 spiro atoms. The molecule has 1 aliphatic heterocycles. The van der Waals surface area contributed by atoms with Crippen LogP contribution in [0.5, 0.6) is 0 Å². The monoisotopic (exact) mass is 335 g/mol. The molecule has 1 aliphatic rings. The van der Waals surface area contributed by atoms with Crippen molar-refractivity contribution in [3.05, 3.63) is 0 Å². The number of hydrogen-bond acceptors (Lipinski definition) is 2. The number of halogens is 3. The van der Waals surface area contributed by atoms with Crippen molar-refractivity contribution in [3.63, 3.8) is 0 Å². The summed E-state index contributed by atoms with van der Waals surface area (Å²) < 4.78 is 42.6. The van der Waals surface area contributed by atoms with E-state index in [0.717, 1.165) is 0 Å². The molecule has 1 saturated heterocycles. The summed E-state index contributed by atoms with van der Waals surface area (Å²) in [4.78, 5) is 0. The second kappa shape index (κ2) is 7.37. The third kappa shape index (κ3) is 4.27. The van der Waals surface area contributed by atoms with Crippen LogP contribution < -0.4 is 5.32 Å². The number of alkyl halides is 3. The van der Waals surface area contributed by atoms with E-state index in [1.165, 1.54) is 0 Å². The Balaban J connectivity index is 2.77. The molecule has 0 amide bonds. The van der Waals surface area contributed by atoms with Crippen LogP contribution in [0.25, 0.3) is 0 Å². The highest BCUT2D eigenvalue weighted by molar-refractivity contribution is 6.90. The van der Waals surface area contributed by atoms with Gasteiger partial charge in [-0.15, -0.1) is 11.5 Å². The molecule has 1 N–H and O–H groups in total. The standard InChI is InChI=1S/C16H28F3NOSi/c1-11(2)22(12(3)4,13(5)6)9-7-8-14-10-20-15(21-14)16(17,18)19/h11-15,20H,8,10H2,1-6H3/t14-,15+/m0/s1. The van der Waals surface area contributed by atoms with Crippen LogP contribution >= 0.6 is 0 Å². The Bertz CT molecular complexity index is 402. The summed E-state index contributed by atoms with van der Waals surface area (Å²) in [6.07, 6.45) is -6.31. The van der Waals surface area contributed by atoms with Crippen molar-refractivity contribution in [3.8, 4) is 11.5 Å². The zero-order valence-electron chi connectivity index (χ0n) is 14.3. The zero-order valence-corrected chi connectivity index (χ0v) is 15.3. The minimum atomic E-state index is -4.35. The lowest BCUT2D eigenvalue weighted by Crippen LogP contribution is -2.43. The van der Waals surface area contributed by atoms with Gasteiger partial charge in [-0.2, -0.15) is 13.2 Å². The smallest absolute Gasteiger partial charge is 0.348 e. The van der Waals surface area contributed by atoms with Crippen LogP contribution in [0, 0.1) is 11.5 Å². The highest BCUT2D eigenvalue weighted by atomic mass is 28.3. The summed E-state index contributed by atoms with van der Waals surface area (Å²) in [5.74, 6) is 3.16. The Morgan fingerprint density at radius 1 is 1.09 bits per heavy atom. The average molecular weight is 335 g/mol. The molecular formula is C16H28F3NOSi. The average Bonchev–Trinajstić information content (AvgIpc) is 2.81. The van der Waals surface area contributed by atoms with Crippen molar-refractivity contribution < 1.29 is 17.9 Å². The van der Waals surface area contributed by atoms with E-state index in [0.29, 0.717) is 23.0 Å². The maximum atomic E-state index is 12.5. The van der Waals surface area contributed by atoms with E-state index in [9.17, 15) is 13.2 Å². The Morgan fingerprint density at radius 2 is 1.59 bits per heavy atom. The summed E-state index contributed by atoms with van der Waals surface area (Å²) in [5, 5.41) is 2.36. The molecule has 2 atom stereocenters. The molecule has 22 heavy (non-hydrogen) atoms. The molecule has 0 radical (unpaired) electrons. The molecule has 0 aromatic rings. The molecule has 128 valence electrons. The Morgan fingerprint density at radius 3 is 1.95 bits per heavy atom. The molecule has 6 heteroatoms. The minimum Gasteiger partial charge on any atom is -0.348 e. The van der Waals surface area contributed by atoms with Gasteiger partial charge >= 0.3 is 6.18 Å². The predicted molar refractivity (Wildman–Crippen MR) is 86.2 cm³/mol. The van der Waals surface area contributed by atoms with Gasteiger partial charge in [-0.25, -0.2) is 0 Å². The summed E-state index contributed by atoms with van der Waals surface area (Å²) in [6, 6.07) is 0. The second-order valence-electron chi connectivity index (χ2n) is 6.99. The summed E-state index contributed by atoms with van der Waals surface area (Å²) >= 11 is 0. The number of rotatable bonds is 4. The van der Waals surface area contributed by atoms with Gasteiger partial charge in [0, 0.05) is 13.0 Å². The Hall–Kier alpha value is -0.513. The first kappa shape index (κ1) is 19.5. The summed E-state index contributed by atoms with van der Waals surface area (Å²) in [6.45, 7) is 13.5. The topological polar surface area (TPSA) is 21.3 Å². The van der Waals surface area contributed by atoms with E-state index in [1.807, 2.05) is 0 Å². The van der Waals surface area contributed by atoms with Crippen LogP contribution in [0.2, 0.25) is 16.6 Å². The quantitative estimate of drug-likeness (QED) is 0.604. The first-order valence-corrected chi connectivity index (χ1v) is 10.2. The van der Waals surface area contributed by atoms with Gasteiger partial charge in [0.05, 0.1) is 6.10 Å². The van der Waals surface area contributed by atoms with Gasteiger partial charge in [0.2, 0.25) is 6.23 Å². The van der Waals surface area contributed by atoms with Crippen LogP contribution in [0.4, 0.5) is 13.2 Å². The molecule has 0 aromatic heterocycles. The van der Waals surface area contributed by atoms with Gasteiger partial charge in [0.1, 0.15) is 8.07 Å². The third-order valence-electron chi connectivity index (χ3n) is 4.66. The fourth-order valence-corrected chi connectivity index (χ4v) is 8.87. The lowest BCUT2D eigenvalue weighted by molar-refractivity contribution is -0.220. The van der Waals surface area contributed by atoms with Crippen molar-refractivity contribution in [2.45, 2.75) is 83.1 Å². The normalized spacial score (nSPS) is 23.3. The van der Waals surface area contributed by atoms with Crippen molar-refractivity contribution in [1.29, 1.82) is 0 Å². The summed E-state index contributed by atoms with van der Waals surface area (Å²) in [7, 11) is -1.81. The summed E-state index contributed by atoms with van der Waals surface area (Å²) in [5.41, 5.74) is 5.07. The van der Waals surface area contributed by atoms with Gasteiger partial charge in [0.15, 0.2) is 0 Å². The molecule has 1 heterocycles. The molecule has 0 bridgehead atoms. The SMILES string of the molecule is CC(C)[Si](C#CC[C@H]1CN[C@@H](C(F)(F)F)O1)(C(C)C)C(C)C. The molecule has 1 rings (SSSR count). The van der Waals surface area contributed by atoms with E-state index >= 15 is 0 Å². The number of nitrogens with one attached hydrogen (secondary N) is 1. The molecule has 0 aliphatic carbocycles. The molecule has 0 aromatic carbocycles. The maximum absolute atomic E-state index is 12.5. The lowest BCUT2D eigenvalue weighted by atomic mass is 10.3. The van der Waals surface area contributed by atoms with Crippen molar-refractivity contribution in [1.82, 2.24) is 5.32 Å². The fraction of sp³-hybridized carbons (Fsp3) is 0.875. The predicted octanol–water partition coefficient (Wildman–Crippen LogP) is 4.47. The van der Waals surface area contributed by atoms with E-state index in [-0.39, 0.29) is 6.54 Å². The van der Waals surface area contributed by atoms with E-state index in [2.05, 4.69) is 58.3 Å². The van der Waals surface area contributed by atoms with Crippen LogP contribution in [0.15, 0.2) is 0 Å². The van der Waals surface area contributed by atoms with Crippen LogP contribution in [0.1, 0.15) is 48.0 Å². The highest BCUT2D eigenvalue weighted by Gasteiger charge is 2.45. The Labute approximate surface area is 133 Å². The fourth-order valence-electron chi connectivity index (χ4n) is 3.59. The number of hydrogen-bond donors (Lipinski definition) is 1. The van der Waals surface area contributed by atoms with Crippen molar-refractivity contribution in [2.24, 2.45) is 0 Å². The van der Waals surface area contributed by atoms with Crippen LogP contribution in [-0.4, -0.2) is 33.1 Å². The van der Waals surface area contributed by atoms with E-state index < -0.39 is 26.6 Å². The first-order chi connectivity index (χ1) is 10.0. The van der Waals surface area contributed by atoms with E-state index in [4.69, 9.17) is 4.74 Å². The first-order valence-electron chi connectivity index (χ1n) is 7.97. The minimum absolute atomic E-state index is 0.207. The van der Waals surface area contributed by atoms with Gasteiger partial charge in [0.25, 0.3) is 0 Å². The van der Waals surface area contributed by atoms with E-state index in [1.54, 1.807) is 0 Å². The molecule has 0 unspecified atom stereocenters. The molecular weight excluding hydrogens is 307 g/mol. The molecule has 1 fully saturated rings. The Kier molecular flexibility index (Phi) is 6.54. The third-order valence-corrected chi connectivity index (χ3v) is 11.0. The maximum Gasteiger partial charge on any atom is 0.428 e. The molecule has 2 nitrogen and oxygen atoms in total.